The summed E-state index contributed by atoms with van der Waals surface area (Å²) in [5, 5.41) is 0.759. The molecule has 0 radical (unpaired) electrons. The zero-order valence-corrected chi connectivity index (χ0v) is 9.06. The van der Waals surface area contributed by atoms with Crippen LogP contribution in [0.1, 0.15) is 19.4 Å². The van der Waals surface area contributed by atoms with E-state index in [0.717, 1.165) is 22.9 Å². The average molecular weight is 199 g/mol. The highest BCUT2D eigenvalue weighted by Crippen LogP contribution is 2.22. The van der Waals surface area contributed by atoms with Crippen LogP contribution in [0, 0.1) is 12.8 Å². The van der Waals surface area contributed by atoms with Gasteiger partial charge in [-0.25, -0.2) is 0 Å². The van der Waals surface area contributed by atoms with Gasteiger partial charge in [0.05, 0.1) is 6.61 Å². The minimum atomic E-state index is 0.551. The van der Waals surface area contributed by atoms with Crippen molar-refractivity contribution < 1.29 is 4.74 Å². The van der Waals surface area contributed by atoms with Crippen molar-refractivity contribution in [2.45, 2.75) is 20.8 Å². The van der Waals surface area contributed by atoms with Crippen LogP contribution in [0.3, 0.4) is 0 Å². The normalized spacial score (nSPS) is 10.5. The van der Waals surface area contributed by atoms with E-state index in [-0.39, 0.29) is 0 Å². The number of hydrogen-bond donors (Lipinski definition) is 0. The summed E-state index contributed by atoms with van der Waals surface area (Å²) in [4.78, 5) is 0. The summed E-state index contributed by atoms with van der Waals surface area (Å²) in [5.74, 6) is 1.48. The maximum atomic E-state index is 5.82. The van der Waals surface area contributed by atoms with Gasteiger partial charge in [0.25, 0.3) is 0 Å². The Morgan fingerprint density at radius 1 is 1.38 bits per heavy atom. The van der Waals surface area contributed by atoms with Gasteiger partial charge in [-0.1, -0.05) is 25.4 Å². The molecular formula is C11H15ClO. The predicted octanol–water partition coefficient (Wildman–Crippen LogP) is 3.68. The number of halogens is 1. The van der Waals surface area contributed by atoms with Gasteiger partial charge >= 0.3 is 0 Å². The number of ether oxygens (including phenoxy) is 1. The third kappa shape index (κ3) is 3.27. The van der Waals surface area contributed by atoms with Gasteiger partial charge in [-0.3, -0.25) is 0 Å². The van der Waals surface area contributed by atoms with Crippen molar-refractivity contribution >= 4 is 11.6 Å². The highest BCUT2D eigenvalue weighted by atomic mass is 35.5. The quantitative estimate of drug-likeness (QED) is 0.720. The lowest BCUT2D eigenvalue weighted by molar-refractivity contribution is 0.269. The van der Waals surface area contributed by atoms with Crippen LogP contribution in [0.2, 0.25) is 5.02 Å². The molecule has 1 aromatic rings. The molecule has 0 aromatic heterocycles. The van der Waals surface area contributed by atoms with Crippen LogP contribution in [-0.4, -0.2) is 6.61 Å². The largest absolute Gasteiger partial charge is 0.493 e. The molecule has 0 aliphatic rings. The Bertz CT molecular complexity index is 281. The van der Waals surface area contributed by atoms with E-state index >= 15 is 0 Å². The van der Waals surface area contributed by atoms with E-state index in [2.05, 4.69) is 13.8 Å². The molecule has 0 bridgehead atoms. The summed E-state index contributed by atoms with van der Waals surface area (Å²) in [5.41, 5.74) is 1.09. The van der Waals surface area contributed by atoms with Crippen LogP contribution in [0.5, 0.6) is 5.75 Å². The van der Waals surface area contributed by atoms with E-state index in [1.807, 2.05) is 25.1 Å². The number of hydrogen-bond acceptors (Lipinski definition) is 1. The first kappa shape index (κ1) is 10.4. The van der Waals surface area contributed by atoms with E-state index in [9.17, 15) is 0 Å². The fraction of sp³-hybridized carbons (Fsp3) is 0.455. The Hall–Kier alpha value is -0.690. The molecule has 72 valence electrons. The first-order valence-electron chi connectivity index (χ1n) is 4.48. The van der Waals surface area contributed by atoms with Crippen LogP contribution in [0.4, 0.5) is 0 Å². The molecule has 0 saturated heterocycles. The van der Waals surface area contributed by atoms with Crippen molar-refractivity contribution in [3.8, 4) is 5.75 Å². The van der Waals surface area contributed by atoms with Gasteiger partial charge in [0.1, 0.15) is 5.75 Å². The zero-order chi connectivity index (χ0) is 9.84. The Morgan fingerprint density at radius 3 is 2.62 bits per heavy atom. The number of benzene rings is 1. The van der Waals surface area contributed by atoms with Gasteiger partial charge in [0.15, 0.2) is 0 Å². The third-order valence-electron chi connectivity index (χ3n) is 1.71. The van der Waals surface area contributed by atoms with Crippen LogP contribution >= 0.6 is 11.6 Å². The molecule has 0 N–H and O–H groups in total. The second-order valence-corrected chi connectivity index (χ2v) is 4.05. The lowest BCUT2D eigenvalue weighted by Crippen LogP contribution is -2.05. The monoisotopic (exact) mass is 198 g/mol. The Morgan fingerprint density at radius 2 is 2.08 bits per heavy atom. The second kappa shape index (κ2) is 4.52. The predicted molar refractivity (Wildman–Crippen MR) is 56.5 cm³/mol. The van der Waals surface area contributed by atoms with E-state index < -0.39 is 0 Å². The Labute approximate surface area is 84.7 Å². The summed E-state index contributed by atoms with van der Waals surface area (Å²) in [6, 6.07) is 5.68. The molecule has 1 aromatic carbocycles. The van der Waals surface area contributed by atoms with Crippen LogP contribution in [0.15, 0.2) is 18.2 Å². The molecule has 1 rings (SSSR count). The maximum Gasteiger partial charge on any atom is 0.122 e. The molecule has 0 saturated carbocycles. The molecule has 1 nitrogen and oxygen atoms in total. The standard InChI is InChI=1S/C11H15ClO/c1-8(2)7-13-11-5-4-10(12)6-9(11)3/h4-6,8H,7H2,1-3H3. The van der Waals surface area contributed by atoms with Crippen LogP contribution < -0.4 is 4.74 Å². The molecular weight excluding hydrogens is 184 g/mol. The van der Waals surface area contributed by atoms with Gasteiger partial charge in [-0.2, -0.15) is 0 Å². The average Bonchev–Trinajstić information content (AvgIpc) is 2.02. The highest BCUT2D eigenvalue weighted by Gasteiger charge is 2.01. The molecule has 0 heterocycles. The first-order chi connectivity index (χ1) is 6.09. The van der Waals surface area contributed by atoms with Gasteiger partial charge in [0.2, 0.25) is 0 Å². The van der Waals surface area contributed by atoms with Gasteiger partial charge in [-0.15, -0.1) is 0 Å². The Kier molecular flexibility index (Phi) is 3.61. The Balaban J connectivity index is 2.67. The van der Waals surface area contributed by atoms with Crippen molar-refractivity contribution in [3.05, 3.63) is 28.8 Å². The van der Waals surface area contributed by atoms with Crippen molar-refractivity contribution in [3.63, 3.8) is 0 Å². The van der Waals surface area contributed by atoms with Crippen LogP contribution in [-0.2, 0) is 0 Å². The fourth-order valence-corrected chi connectivity index (χ4v) is 1.26. The van der Waals surface area contributed by atoms with E-state index in [1.54, 1.807) is 0 Å². The van der Waals surface area contributed by atoms with E-state index in [4.69, 9.17) is 16.3 Å². The minimum Gasteiger partial charge on any atom is -0.493 e. The first-order valence-corrected chi connectivity index (χ1v) is 4.86. The zero-order valence-electron chi connectivity index (χ0n) is 8.30. The van der Waals surface area contributed by atoms with E-state index in [1.165, 1.54) is 0 Å². The third-order valence-corrected chi connectivity index (χ3v) is 1.94. The number of rotatable bonds is 3. The van der Waals surface area contributed by atoms with Crippen molar-refractivity contribution in [2.75, 3.05) is 6.61 Å². The SMILES string of the molecule is Cc1cc(Cl)ccc1OCC(C)C. The maximum absolute atomic E-state index is 5.82. The van der Waals surface area contributed by atoms with Gasteiger partial charge < -0.3 is 4.74 Å². The summed E-state index contributed by atoms with van der Waals surface area (Å²) in [6.07, 6.45) is 0. The molecule has 0 atom stereocenters. The number of aryl methyl sites for hydroxylation is 1. The summed E-state index contributed by atoms with van der Waals surface area (Å²) < 4.78 is 5.59. The fourth-order valence-electron chi connectivity index (χ4n) is 1.03. The minimum absolute atomic E-state index is 0.551. The van der Waals surface area contributed by atoms with Crippen molar-refractivity contribution in [1.29, 1.82) is 0 Å². The molecule has 0 fully saturated rings. The molecule has 0 aliphatic heterocycles. The lowest BCUT2D eigenvalue weighted by Gasteiger charge is -2.10. The molecule has 0 spiro atoms. The van der Waals surface area contributed by atoms with Crippen LogP contribution in [0.25, 0.3) is 0 Å². The van der Waals surface area contributed by atoms with E-state index in [0.29, 0.717) is 5.92 Å². The summed E-state index contributed by atoms with van der Waals surface area (Å²) in [7, 11) is 0. The van der Waals surface area contributed by atoms with Gasteiger partial charge in [-0.05, 0) is 36.6 Å². The molecule has 0 amide bonds. The molecule has 0 unspecified atom stereocenters. The summed E-state index contributed by atoms with van der Waals surface area (Å²) in [6.45, 7) is 7.01. The van der Waals surface area contributed by atoms with Crippen molar-refractivity contribution in [1.82, 2.24) is 0 Å². The summed E-state index contributed by atoms with van der Waals surface area (Å²) >= 11 is 5.82. The second-order valence-electron chi connectivity index (χ2n) is 3.61. The molecule has 2 heteroatoms. The lowest BCUT2D eigenvalue weighted by atomic mass is 10.2. The van der Waals surface area contributed by atoms with Crippen molar-refractivity contribution in [2.24, 2.45) is 5.92 Å². The topological polar surface area (TPSA) is 9.23 Å². The van der Waals surface area contributed by atoms with Gasteiger partial charge in [0, 0.05) is 5.02 Å². The highest BCUT2D eigenvalue weighted by molar-refractivity contribution is 6.30. The molecule has 13 heavy (non-hydrogen) atoms. The smallest absolute Gasteiger partial charge is 0.122 e. The molecule has 0 aliphatic carbocycles.